The monoisotopic (exact) mass is 113 g/mol. The third-order valence-corrected chi connectivity index (χ3v) is 1.26. The summed E-state index contributed by atoms with van der Waals surface area (Å²) in [5.41, 5.74) is 0. The Morgan fingerprint density at radius 2 is 2.62 bits per heavy atom. The molecule has 0 saturated carbocycles. The Hall–Kier alpha value is -0.340. The van der Waals surface area contributed by atoms with Crippen LogP contribution in [0.15, 0.2) is 12.2 Å². The highest BCUT2D eigenvalue weighted by Crippen LogP contribution is 1.93. The standard InChI is InChI=1S/C6H11NO/c1-8-6-3-2-4-7-5-6/h2-3,6-7H,4-5H2,1H3. The molecule has 0 radical (unpaired) electrons. The Morgan fingerprint density at radius 1 is 1.75 bits per heavy atom. The molecular formula is C6H11NO. The van der Waals surface area contributed by atoms with E-state index in [-0.39, 0.29) is 0 Å². The van der Waals surface area contributed by atoms with Crippen LogP contribution in [0.3, 0.4) is 0 Å². The molecule has 1 unspecified atom stereocenters. The summed E-state index contributed by atoms with van der Waals surface area (Å²) < 4.78 is 5.04. The van der Waals surface area contributed by atoms with Crippen LogP contribution < -0.4 is 5.32 Å². The van der Waals surface area contributed by atoms with Gasteiger partial charge in [0, 0.05) is 20.2 Å². The van der Waals surface area contributed by atoms with Gasteiger partial charge in [0.2, 0.25) is 0 Å². The molecule has 2 nitrogen and oxygen atoms in total. The van der Waals surface area contributed by atoms with Crippen molar-refractivity contribution in [3.8, 4) is 0 Å². The van der Waals surface area contributed by atoms with Gasteiger partial charge in [0.1, 0.15) is 0 Å². The normalized spacial score (nSPS) is 28.4. The lowest BCUT2D eigenvalue weighted by atomic mass is 10.2. The lowest BCUT2D eigenvalue weighted by Crippen LogP contribution is -2.30. The van der Waals surface area contributed by atoms with E-state index in [2.05, 4.69) is 17.5 Å². The Kier molecular flexibility index (Phi) is 2.06. The summed E-state index contributed by atoms with van der Waals surface area (Å²) in [6, 6.07) is 0. The summed E-state index contributed by atoms with van der Waals surface area (Å²) in [6.07, 6.45) is 4.46. The first-order valence-electron chi connectivity index (χ1n) is 2.83. The Morgan fingerprint density at radius 3 is 3.00 bits per heavy atom. The first kappa shape index (κ1) is 5.79. The third kappa shape index (κ3) is 1.32. The van der Waals surface area contributed by atoms with Crippen LogP contribution >= 0.6 is 0 Å². The molecule has 8 heavy (non-hydrogen) atoms. The molecule has 46 valence electrons. The lowest BCUT2D eigenvalue weighted by molar-refractivity contribution is 0.137. The van der Waals surface area contributed by atoms with Crippen LogP contribution in [0.25, 0.3) is 0 Å². The molecule has 0 aromatic rings. The summed E-state index contributed by atoms with van der Waals surface area (Å²) in [5, 5.41) is 3.17. The number of methoxy groups -OCH3 is 1. The summed E-state index contributed by atoms with van der Waals surface area (Å²) in [4.78, 5) is 0. The van der Waals surface area contributed by atoms with Crippen LogP contribution in [0.5, 0.6) is 0 Å². The zero-order chi connectivity index (χ0) is 5.82. The molecule has 1 N–H and O–H groups in total. The molecule has 1 aliphatic heterocycles. The van der Waals surface area contributed by atoms with Crippen molar-refractivity contribution in [2.75, 3.05) is 20.2 Å². The van der Waals surface area contributed by atoms with Crippen LogP contribution in [0, 0.1) is 0 Å². The number of ether oxygens (including phenoxy) is 1. The summed E-state index contributed by atoms with van der Waals surface area (Å²) in [5.74, 6) is 0. The summed E-state index contributed by atoms with van der Waals surface area (Å²) in [7, 11) is 1.72. The minimum absolute atomic E-state index is 0.295. The highest BCUT2D eigenvalue weighted by molar-refractivity contribution is 4.96. The van der Waals surface area contributed by atoms with E-state index in [4.69, 9.17) is 4.74 Å². The number of rotatable bonds is 1. The third-order valence-electron chi connectivity index (χ3n) is 1.26. The maximum absolute atomic E-state index is 5.04. The van der Waals surface area contributed by atoms with Crippen molar-refractivity contribution in [3.05, 3.63) is 12.2 Å². The first-order valence-corrected chi connectivity index (χ1v) is 2.83. The summed E-state index contributed by atoms with van der Waals surface area (Å²) in [6.45, 7) is 1.94. The van der Waals surface area contributed by atoms with Gasteiger partial charge in [-0.05, 0) is 0 Å². The number of hydrogen-bond acceptors (Lipinski definition) is 2. The average molecular weight is 113 g/mol. The van der Waals surface area contributed by atoms with Crippen molar-refractivity contribution in [2.24, 2.45) is 0 Å². The molecule has 1 atom stereocenters. The molecule has 1 aliphatic rings. The SMILES string of the molecule is COC1C=CCNC1. The highest BCUT2D eigenvalue weighted by Gasteiger charge is 2.03. The zero-order valence-electron chi connectivity index (χ0n) is 5.05. The molecule has 0 bridgehead atoms. The van der Waals surface area contributed by atoms with Gasteiger partial charge in [-0.3, -0.25) is 0 Å². The minimum atomic E-state index is 0.295. The fourth-order valence-corrected chi connectivity index (χ4v) is 0.759. The molecule has 0 spiro atoms. The van der Waals surface area contributed by atoms with Gasteiger partial charge in [-0.1, -0.05) is 12.2 Å². The maximum atomic E-state index is 5.04. The van der Waals surface area contributed by atoms with Gasteiger partial charge < -0.3 is 10.1 Å². The van der Waals surface area contributed by atoms with Gasteiger partial charge in [0.15, 0.2) is 0 Å². The van der Waals surface area contributed by atoms with Crippen LogP contribution in [-0.2, 0) is 4.74 Å². The second kappa shape index (κ2) is 2.84. The smallest absolute Gasteiger partial charge is 0.0876 e. The van der Waals surface area contributed by atoms with E-state index in [9.17, 15) is 0 Å². The minimum Gasteiger partial charge on any atom is -0.376 e. The molecule has 1 rings (SSSR count). The van der Waals surface area contributed by atoms with Gasteiger partial charge in [-0.15, -0.1) is 0 Å². The van der Waals surface area contributed by atoms with Gasteiger partial charge in [0.25, 0.3) is 0 Å². The van der Waals surface area contributed by atoms with Crippen molar-refractivity contribution in [2.45, 2.75) is 6.10 Å². The zero-order valence-corrected chi connectivity index (χ0v) is 5.05. The van der Waals surface area contributed by atoms with E-state index in [1.54, 1.807) is 7.11 Å². The predicted octanol–water partition coefficient (Wildman–Crippen LogP) is 0.161. The fourth-order valence-electron chi connectivity index (χ4n) is 0.759. The van der Waals surface area contributed by atoms with Crippen molar-refractivity contribution < 1.29 is 4.74 Å². The van der Waals surface area contributed by atoms with Gasteiger partial charge in [0.05, 0.1) is 6.10 Å². The van der Waals surface area contributed by atoms with E-state index in [0.717, 1.165) is 13.1 Å². The van der Waals surface area contributed by atoms with E-state index < -0.39 is 0 Å². The molecule has 0 aromatic carbocycles. The molecule has 0 amide bonds. The Bertz CT molecular complexity index is 90.5. The summed E-state index contributed by atoms with van der Waals surface area (Å²) >= 11 is 0. The molecule has 1 heterocycles. The average Bonchev–Trinajstić information content (AvgIpc) is 1.90. The largest absolute Gasteiger partial charge is 0.376 e. The number of hydrogen-bond donors (Lipinski definition) is 1. The van der Waals surface area contributed by atoms with E-state index >= 15 is 0 Å². The second-order valence-electron chi connectivity index (χ2n) is 1.86. The van der Waals surface area contributed by atoms with Crippen molar-refractivity contribution >= 4 is 0 Å². The lowest BCUT2D eigenvalue weighted by Gasteiger charge is -2.14. The van der Waals surface area contributed by atoms with E-state index in [1.807, 2.05) is 0 Å². The first-order chi connectivity index (χ1) is 3.93. The molecule has 0 saturated heterocycles. The quantitative estimate of drug-likeness (QED) is 0.489. The van der Waals surface area contributed by atoms with Gasteiger partial charge in [-0.25, -0.2) is 0 Å². The Balaban J connectivity index is 2.32. The van der Waals surface area contributed by atoms with Crippen LogP contribution in [-0.4, -0.2) is 26.3 Å². The maximum Gasteiger partial charge on any atom is 0.0876 e. The van der Waals surface area contributed by atoms with E-state index in [1.165, 1.54) is 0 Å². The van der Waals surface area contributed by atoms with E-state index in [0.29, 0.717) is 6.10 Å². The number of nitrogens with one attached hydrogen (secondary N) is 1. The molecule has 0 aromatic heterocycles. The second-order valence-corrected chi connectivity index (χ2v) is 1.86. The molecule has 0 fully saturated rings. The molecule has 2 heteroatoms. The topological polar surface area (TPSA) is 21.3 Å². The van der Waals surface area contributed by atoms with Crippen LogP contribution in [0.1, 0.15) is 0 Å². The van der Waals surface area contributed by atoms with Crippen LogP contribution in [0.2, 0.25) is 0 Å². The van der Waals surface area contributed by atoms with Crippen molar-refractivity contribution in [1.29, 1.82) is 0 Å². The van der Waals surface area contributed by atoms with Crippen molar-refractivity contribution in [3.63, 3.8) is 0 Å². The predicted molar refractivity (Wildman–Crippen MR) is 32.8 cm³/mol. The molecule has 0 aliphatic carbocycles. The Labute approximate surface area is 49.5 Å². The fraction of sp³-hybridized carbons (Fsp3) is 0.667. The highest BCUT2D eigenvalue weighted by atomic mass is 16.5. The van der Waals surface area contributed by atoms with Crippen LogP contribution in [0.4, 0.5) is 0 Å². The molecular weight excluding hydrogens is 102 g/mol. The van der Waals surface area contributed by atoms with Gasteiger partial charge >= 0.3 is 0 Å². The van der Waals surface area contributed by atoms with Gasteiger partial charge in [-0.2, -0.15) is 0 Å². The van der Waals surface area contributed by atoms with Crippen molar-refractivity contribution in [1.82, 2.24) is 5.32 Å².